The second-order valence-electron chi connectivity index (χ2n) is 4.22. The van der Waals surface area contributed by atoms with Crippen molar-refractivity contribution >= 4 is 11.9 Å². The Morgan fingerprint density at radius 2 is 1.76 bits per heavy atom. The first-order chi connectivity index (χ1) is 9.76. The van der Waals surface area contributed by atoms with Crippen molar-refractivity contribution in [2.45, 2.75) is 25.6 Å². The van der Waals surface area contributed by atoms with Crippen LogP contribution in [0.15, 0.2) is 24.3 Å². The molecule has 0 aliphatic heterocycles. The van der Waals surface area contributed by atoms with Gasteiger partial charge in [0.05, 0.1) is 6.42 Å². The molecule has 5 nitrogen and oxygen atoms in total. The van der Waals surface area contributed by atoms with Gasteiger partial charge in [-0.3, -0.25) is 9.59 Å². The van der Waals surface area contributed by atoms with Gasteiger partial charge in [0.1, 0.15) is 5.75 Å². The lowest BCUT2D eigenvalue weighted by molar-refractivity contribution is -0.153. The molecule has 2 N–H and O–H groups in total. The first-order valence-electron chi connectivity index (χ1n) is 6.03. The molecule has 116 valence electrons. The van der Waals surface area contributed by atoms with E-state index in [9.17, 15) is 22.8 Å². The van der Waals surface area contributed by atoms with Crippen molar-refractivity contribution in [1.29, 1.82) is 0 Å². The van der Waals surface area contributed by atoms with Crippen LogP contribution in [0.1, 0.15) is 18.4 Å². The number of amides is 1. The van der Waals surface area contributed by atoms with E-state index in [2.05, 4.69) is 10.1 Å². The van der Waals surface area contributed by atoms with Gasteiger partial charge >= 0.3 is 12.1 Å². The summed E-state index contributed by atoms with van der Waals surface area (Å²) in [6, 6.07) is 5.77. The fraction of sp³-hybridized carbons (Fsp3) is 0.385. The quantitative estimate of drug-likeness (QED) is 0.809. The van der Waals surface area contributed by atoms with E-state index in [4.69, 9.17) is 5.11 Å². The number of hydrogen-bond donors (Lipinski definition) is 2. The zero-order valence-corrected chi connectivity index (χ0v) is 10.9. The average molecular weight is 305 g/mol. The summed E-state index contributed by atoms with van der Waals surface area (Å²) in [6.45, 7) is -1.20. The number of alkyl halides is 3. The topological polar surface area (TPSA) is 75.6 Å². The Bertz CT molecular complexity index is 485. The van der Waals surface area contributed by atoms with E-state index in [1.54, 1.807) is 0 Å². The third-order valence-corrected chi connectivity index (χ3v) is 2.38. The first kappa shape index (κ1) is 16.8. The molecule has 0 heterocycles. The van der Waals surface area contributed by atoms with E-state index in [0.29, 0.717) is 5.56 Å². The summed E-state index contributed by atoms with van der Waals surface area (Å²) in [7, 11) is 0. The molecule has 0 unspecified atom stereocenters. The molecular weight excluding hydrogens is 291 g/mol. The van der Waals surface area contributed by atoms with Crippen molar-refractivity contribution in [1.82, 2.24) is 5.32 Å². The van der Waals surface area contributed by atoms with Crippen LogP contribution in [0, 0.1) is 0 Å². The number of halogens is 3. The number of carbonyl (C=O) groups is 2. The number of aliphatic carboxylic acids is 1. The average Bonchev–Trinajstić information content (AvgIpc) is 2.41. The minimum atomic E-state index is -4.39. The Balaban J connectivity index is 2.37. The Morgan fingerprint density at radius 3 is 2.29 bits per heavy atom. The lowest BCUT2D eigenvalue weighted by Gasteiger charge is -2.10. The van der Waals surface area contributed by atoms with E-state index in [-0.39, 0.29) is 25.1 Å². The molecule has 8 heteroatoms. The van der Waals surface area contributed by atoms with E-state index in [1.807, 2.05) is 0 Å². The predicted octanol–water partition coefficient (Wildman–Crippen LogP) is 2.11. The summed E-state index contributed by atoms with van der Waals surface area (Å²) in [5.74, 6) is -1.39. The number of nitrogens with one attached hydrogen (secondary N) is 1. The molecule has 21 heavy (non-hydrogen) atoms. The van der Waals surface area contributed by atoms with Crippen LogP contribution in [0.25, 0.3) is 0 Å². The number of hydrogen-bond acceptors (Lipinski definition) is 3. The van der Waals surface area contributed by atoms with Gasteiger partial charge in [0, 0.05) is 13.0 Å². The molecule has 0 saturated carbocycles. The molecule has 0 aliphatic rings. The lowest BCUT2D eigenvalue weighted by atomic mass is 10.2. The van der Waals surface area contributed by atoms with Crippen LogP contribution in [-0.2, 0) is 16.1 Å². The molecule has 0 fully saturated rings. The second kappa shape index (κ2) is 7.51. The van der Waals surface area contributed by atoms with Crippen LogP contribution in [0.5, 0.6) is 5.75 Å². The highest BCUT2D eigenvalue weighted by atomic mass is 19.4. The zero-order chi connectivity index (χ0) is 15.9. The first-order valence-corrected chi connectivity index (χ1v) is 6.03. The molecule has 1 aromatic rings. The second-order valence-corrected chi connectivity index (χ2v) is 4.22. The van der Waals surface area contributed by atoms with Crippen LogP contribution >= 0.6 is 0 Å². The van der Waals surface area contributed by atoms with Gasteiger partial charge in [-0.15, -0.1) is 0 Å². The third-order valence-electron chi connectivity index (χ3n) is 2.38. The molecule has 0 saturated heterocycles. The van der Waals surface area contributed by atoms with E-state index in [1.165, 1.54) is 24.3 Å². The van der Waals surface area contributed by atoms with Gasteiger partial charge in [-0.2, -0.15) is 13.2 Å². The third kappa shape index (κ3) is 7.81. The highest BCUT2D eigenvalue weighted by Gasteiger charge is 2.28. The minimum Gasteiger partial charge on any atom is -0.484 e. The van der Waals surface area contributed by atoms with Gasteiger partial charge in [0.15, 0.2) is 6.61 Å². The smallest absolute Gasteiger partial charge is 0.422 e. The monoisotopic (exact) mass is 305 g/mol. The van der Waals surface area contributed by atoms with E-state index >= 15 is 0 Å². The summed E-state index contributed by atoms with van der Waals surface area (Å²) in [5, 5.41) is 10.9. The summed E-state index contributed by atoms with van der Waals surface area (Å²) in [5.41, 5.74) is 0.665. The molecular formula is C13H14F3NO4. The van der Waals surface area contributed by atoms with Gasteiger partial charge in [-0.1, -0.05) is 12.1 Å². The summed E-state index contributed by atoms with van der Waals surface area (Å²) in [6.07, 6.45) is -4.77. The maximum Gasteiger partial charge on any atom is 0.422 e. The normalized spacial score (nSPS) is 11.0. The Morgan fingerprint density at radius 1 is 1.14 bits per heavy atom. The van der Waals surface area contributed by atoms with Crippen molar-refractivity contribution in [2.75, 3.05) is 6.61 Å². The summed E-state index contributed by atoms with van der Waals surface area (Å²) < 4.78 is 40.4. The summed E-state index contributed by atoms with van der Waals surface area (Å²) >= 11 is 0. The Labute approximate surface area is 118 Å². The van der Waals surface area contributed by atoms with Crippen molar-refractivity contribution in [3.8, 4) is 5.75 Å². The van der Waals surface area contributed by atoms with E-state index < -0.39 is 24.7 Å². The number of carboxylic acids is 1. The SMILES string of the molecule is O=C(O)CCC(=O)NCc1ccc(OCC(F)(F)F)cc1. The molecule has 0 bridgehead atoms. The Hall–Kier alpha value is -2.25. The fourth-order valence-corrected chi connectivity index (χ4v) is 1.38. The largest absolute Gasteiger partial charge is 0.484 e. The maximum atomic E-state index is 11.9. The maximum absolute atomic E-state index is 11.9. The lowest BCUT2D eigenvalue weighted by Crippen LogP contribution is -2.23. The molecule has 0 aliphatic carbocycles. The van der Waals surface area contributed by atoms with Gasteiger partial charge in [-0.05, 0) is 17.7 Å². The molecule has 0 radical (unpaired) electrons. The van der Waals surface area contributed by atoms with Crippen LogP contribution in [-0.4, -0.2) is 29.8 Å². The number of carboxylic acid groups (broad SMARTS) is 1. The molecule has 1 aromatic carbocycles. The molecule has 0 aromatic heterocycles. The van der Waals surface area contributed by atoms with Crippen molar-refractivity contribution in [3.05, 3.63) is 29.8 Å². The van der Waals surface area contributed by atoms with Crippen LogP contribution in [0.3, 0.4) is 0 Å². The van der Waals surface area contributed by atoms with Gasteiger partial charge in [0.25, 0.3) is 0 Å². The zero-order valence-electron chi connectivity index (χ0n) is 10.9. The fourth-order valence-electron chi connectivity index (χ4n) is 1.38. The molecule has 1 amide bonds. The molecule has 1 rings (SSSR count). The highest BCUT2D eigenvalue weighted by Crippen LogP contribution is 2.18. The number of carbonyl (C=O) groups excluding carboxylic acids is 1. The van der Waals surface area contributed by atoms with Crippen LogP contribution in [0.2, 0.25) is 0 Å². The van der Waals surface area contributed by atoms with Gasteiger partial charge in [0.2, 0.25) is 5.91 Å². The van der Waals surface area contributed by atoms with Crippen LogP contribution < -0.4 is 10.1 Å². The molecule has 0 atom stereocenters. The number of ether oxygens (including phenoxy) is 1. The number of benzene rings is 1. The van der Waals surface area contributed by atoms with Gasteiger partial charge < -0.3 is 15.2 Å². The predicted molar refractivity (Wildman–Crippen MR) is 66.7 cm³/mol. The van der Waals surface area contributed by atoms with Crippen molar-refractivity contribution in [3.63, 3.8) is 0 Å². The minimum absolute atomic E-state index is 0.0771. The number of rotatable bonds is 7. The van der Waals surface area contributed by atoms with Crippen LogP contribution in [0.4, 0.5) is 13.2 Å². The summed E-state index contributed by atoms with van der Waals surface area (Å²) in [4.78, 5) is 21.6. The standard InChI is InChI=1S/C13H14F3NO4/c14-13(15,16)8-21-10-3-1-9(2-4-10)7-17-11(18)5-6-12(19)20/h1-4H,5-8H2,(H,17,18)(H,19,20). The highest BCUT2D eigenvalue weighted by molar-refractivity contribution is 5.80. The Kier molecular flexibility index (Phi) is 6.01. The van der Waals surface area contributed by atoms with Crippen molar-refractivity contribution < 1.29 is 32.6 Å². The van der Waals surface area contributed by atoms with E-state index in [0.717, 1.165) is 0 Å². The molecule has 0 spiro atoms. The van der Waals surface area contributed by atoms with Crippen molar-refractivity contribution in [2.24, 2.45) is 0 Å². The van der Waals surface area contributed by atoms with Gasteiger partial charge in [-0.25, -0.2) is 0 Å².